The topological polar surface area (TPSA) is 64.3 Å². The fourth-order valence-electron chi connectivity index (χ4n) is 0.556. The molecule has 5 nitrogen and oxygen atoms in total. The third kappa shape index (κ3) is 1.94. The average molecular weight is 221 g/mol. The van der Waals surface area contributed by atoms with Gasteiger partial charge in [-0.2, -0.15) is 4.98 Å². The van der Waals surface area contributed by atoms with Crippen LogP contribution in [0.15, 0.2) is 10.9 Å². The van der Waals surface area contributed by atoms with Crippen LogP contribution in [0.2, 0.25) is 0 Å². The number of carboxylic acid groups (broad SMARTS) is 1. The molecule has 0 unspecified atom stereocenters. The third-order valence-corrected chi connectivity index (χ3v) is 1.73. The number of halogens is 1. The van der Waals surface area contributed by atoms with Crippen LogP contribution in [0, 0.1) is 0 Å². The van der Waals surface area contributed by atoms with E-state index in [2.05, 4.69) is 25.7 Å². The lowest BCUT2D eigenvalue weighted by Gasteiger charge is -1.89. The molecule has 0 saturated heterocycles. The number of ether oxygens (including phenoxy) is 1. The molecule has 0 atom stereocenters. The molecule has 1 aromatic rings. The van der Waals surface area contributed by atoms with Crippen LogP contribution in [0.4, 0.5) is 4.79 Å². The maximum Gasteiger partial charge on any atom is 0.512 e. The monoisotopic (exact) mass is 220 g/mol. The van der Waals surface area contributed by atoms with Crippen molar-refractivity contribution in [3.8, 4) is 5.88 Å². The predicted octanol–water partition coefficient (Wildman–Crippen LogP) is 1.24. The Hall–Kier alpha value is -1.04. The van der Waals surface area contributed by atoms with Gasteiger partial charge < -0.3 is 14.4 Å². The number of carbonyl (C=O) groups is 1. The Bertz CT molecular complexity index is 264. The Morgan fingerprint density at radius 3 is 2.91 bits per heavy atom. The molecule has 1 aromatic heterocycles. The minimum atomic E-state index is -1.37. The van der Waals surface area contributed by atoms with Crippen molar-refractivity contribution in [2.45, 2.75) is 0 Å². The van der Waals surface area contributed by atoms with E-state index in [1.165, 1.54) is 6.20 Å². The first kappa shape index (κ1) is 8.06. The predicted molar refractivity (Wildman–Crippen MR) is 39.6 cm³/mol. The third-order valence-electron chi connectivity index (χ3n) is 0.989. The van der Waals surface area contributed by atoms with Gasteiger partial charge in [0.05, 0.1) is 6.20 Å². The molecule has 0 aliphatic carbocycles. The van der Waals surface area contributed by atoms with E-state index in [4.69, 9.17) is 5.11 Å². The smallest absolute Gasteiger partial charge is 0.449 e. The fraction of sp³-hybridized carbons (Fsp3) is 0.200. The molecule has 6 heteroatoms. The number of nitrogens with zero attached hydrogens (tertiary/aromatic N) is 2. The van der Waals surface area contributed by atoms with Crippen molar-refractivity contribution in [1.82, 2.24) is 9.55 Å². The summed E-state index contributed by atoms with van der Waals surface area (Å²) in [5, 5.41) is 8.18. The van der Waals surface area contributed by atoms with Crippen LogP contribution in [0.1, 0.15) is 0 Å². The highest BCUT2D eigenvalue weighted by Crippen LogP contribution is 2.13. The van der Waals surface area contributed by atoms with Crippen LogP contribution in [0.3, 0.4) is 0 Å². The minimum Gasteiger partial charge on any atom is -0.449 e. The molecule has 1 rings (SSSR count). The maximum atomic E-state index is 10.0. The van der Waals surface area contributed by atoms with Crippen LogP contribution in [0.5, 0.6) is 5.88 Å². The molecule has 0 saturated carbocycles. The highest BCUT2D eigenvalue weighted by Gasteiger charge is 2.06. The maximum absolute atomic E-state index is 10.0. The first-order valence-corrected chi connectivity index (χ1v) is 3.48. The van der Waals surface area contributed by atoms with Gasteiger partial charge in [-0.15, -0.1) is 0 Å². The lowest BCUT2D eigenvalue weighted by molar-refractivity contribution is 0.142. The van der Waals surface area contributed by atoms with Gasteiger partial charge in [-0.05, 0) is 15.9 Å². The molecular formula is C5H5BrN2O3. The van der Waals surface area contributed by atoms with Gasteiger partial charge in [0.15, 0.2) is 4.73 Å². The summed E-state index contributed by atoms with van der Waals surface area (Å²) >= 11 is 3.08. The zero-order chi connectivity index (χ0) is 8.43. The number of hydrogen-bond acceptors (Lipinski definition) is 3. The second kappa shape index (κ2) is 2.91. The highest BCUT2D eigenvalue weighted by atomic mass is 79.9. The van der Waals surface area contributed by atoms with Crippen molar-refractivity contribution in [1.29, 1.82) is 0 Å². The number of imidazole rings is 1. The number of aryl methyl sites for hydroxylation is 1. The summed E-state index contributed by atoms with van der Waals surface area (Å²) in [5.74, 6) is 0.0619. The summed E-state index contributed by atoms with van der Waals surface area (Å²) in [4.78, 5) is 13.7. The van der Waals surface area contributed by atoms with Crippen LogP contribution >= 0.6 is 15.9 Å². The van der Waals surface area contributed by atoms with E-state index < -0.39 is 6.16 Å². The van der Waals surface area contributed by atoms with Gasteiger partial charge in [-0.25, -0.2) is 4.79 Å². The summed E-state index contributed by atoms with van der Waals surface area (Å²) < 4.78 is 6.39. The van der Waals surface area contributed by atoms with Gasteiger partial charge in [-0.1, -0.05) is 0 Å². The molecule has 60 valence electrons. The van der Waals surface area contributed by atoms with Crippen molar-refractivity contribution in [2.24, 2.45) is 7.05 Å². The summed E-state index contributed by atoms with van der Waals surface area (Å²) in [6.45, 7) is 0. The summed E-state index contributed by atoms with van der Waals surface area (Å²) in [5.41, 5.74) is 0. The first-order chi connectivity index (χ1) is 5.09. The molecular weight excluding hydrogens is 216 g/mol. The van der Waals surface area contributed by atoms with Crippen molar-refractivity contribution in [3.63, 3.8) is 0 Å². The standard InChI is InChI=1S/C5H5BrN2O3/c1-8-2-3(7-4(8)6)11-5(9)10/h2H,1H3,(H,9,10). The molecule has 0 amide bonds. The van der Waals surface area contributed by atoms with Gasteiger partial charge in [0, 0.05) is 7.05 Å². The minimum absolute atomic E-state index is 0.0619. The Kier molecular flexibility index (Phi) is 2.13. The first-order valence-electron chi connectivity index (χ1n) is 2.69. The van der Waals surface area contributed by atoms with Gasteiger partial charge >= 0.3 is 6.16 Å². The van der Waals surface area contributed by atoms with Gasteiger partial charge in [-0.3, -0.25) is 0 Å². The lowest BCUT2D eigenvalue weighted by atomic mass is 10.8. The molecule has 1 N–H and O–H groups in total. The molecule has 0 spiro atoms. The number of rotatable bonds is 1. The fourth-order valence-corrected chi connectivity index (χ4v) is 0.833. The van der Waals surface area contributed by atoms with E-state index >= 15 is 0 Å². The Morgan fingerprint density at radius 2 is 2.55 bits per heavy atom. The van der Waals surface area contributed by atoms with E-state index in [9.17, 15) is 4.79 Å². The molecule has 0 aliphatic heterocycles. The zero-order valence-electron chi connectivity index (χ0n) is 5.61. The molecule has 0 fully saturated rings. The Morgan fingerprint density at radius 1 is 1.91 bits per heavy atom. The van der Waals surface area contributed by atoms with E-state index in [-0.39, 0.29) is 5.88 Å². The summed E-state index contributed by atoms with van der Waals surface area (Å²) in [6.07, 6.45) is 0.0914. The van der Waals surface area contributed by atoms with Crippen molar-refractivity contribution < 1.29 is 14.6 Å². The second-order valence-corrected chi connectivity index (χ2v) is 2.54. The van der Waals surface area contributed by atoms with E-state index in [1.54, 1.807) is 11.6 Å². The van der Waals surface area contributed by atoms with Crippen LogP contribution in [-0.2, 0) is 7.05 Å². The van der Waals surface area contributed by atoms with Gasteiger partial charge in [0.25, 0.3) is 0 Å². The number of hydrogen-bond donors (Lipinski definition) is 1. The normalized spacial score (nSPS) is 9.64. The summed E-state index contributed by atoms with van der Waals surface area (Å²) in [6, 6.07) is 0. The van der Waals surface area contributed by atoms with Crippen molar-refractivity contribution in [3.05, 3.63) is 10.9 Å². The van der Waals surface area contributed by atoms with Crippen LogP contribution in [0.25, 0.3) is 0 Å². The molecule has 0 radical (unpaired) electrons. The largest absolute Gasteiger partial charge is 0.512 e. The Labute approximate surface area is 70.7 Å². The molecule has 0 bridgehead atoms. The zero-order valence-corrected chi connectivity index (χ0v) is 7.20. The van der Waals surface area contributed by atoms with E-state index in [0.29, 0.717) is 4.73 Å². The van der Waals surface area contributed by atoms with E-state index in [1.807, 2.05) is 0 Å². The van der Waals surface area contributed by atoms with Crippen molar-refractivity contribution >= 4 is 22.1 Å². The highest BCUT2D eigenvalue weighted by molar-refractivity contribution is 9.10. The van der Waals surface area contributed by atoms with Crippen LogP contribution < -0.4 is 4.74 Å². The molecule has 1 heterocycles. The van der Waals surface area contributed by atoms with Crippen molar-refractivity contribution in [2.75, 3.05) is 0 Å². The van der Waals surface area contributed by atoms with E-state index in [0.717, 1.165) is 0 Å². The van der Waals surface area contributed by atoms with Gasteiger partial charge in [0.1, 0.15) is 0 Å². The molecule has 0 aromatic carbocycles. The average Bonchev–Trinajstić information content (AvgIpc) is 2.10. The lowest BCUT2D eigenvalue weighted by Crippen LogP contribution is -2.02. The SMILES string of the molecule is Cn1cc(OC(=O)O)nc1Br. The Balaban J connectivity index is 2.81. The quantitative estimate of drug-likeness (QED) is 0.724. The van der Waals surface area contributed by atoms with Gasteiger partial charge in [0.2, 0.25) is 5.88 Å². The second-order valence-electron chi connectivity index (χ2n) is 1.83. The van der Waals surface area contributed by atoms with Crippen LogP contribution in [-0.4, -0.2) is 20.8 Å². The number of aromatic nitrogens is 2. The summed E-state index contributed by atoms with van der Waals surface area (Å²) in [7, 11) is 1.71. The molecule has 11 heavy (non-hydrogen) atoms. The molecule has 0 aliphatic rings.